The van der Waals surface area contributed by atoms with Gasteiger partial charge in [-0.2, -0.15) is 0 Å². The average molecular weight is 754 g/mol. The molecule has 1 aliphatic rings. The first-order chi connectivity index (χ1) is 25.7. The van der Waals surface area contributed by atoms with E-state index in [1.54, 1.807) is 12.2 Å². The molecule has 1 amide bonds. The Morgan fingerprint density at radius 3 is 1.79 bits per heavy atom. The van der Waals surface area contributed by atoms with Crippen LogP contribution in [0.15, 0.2) is 36.0 Å². The number of aliphatic hydroxyl groups excluding tert-OH is 6. The molecule has 0 aromatic rings. The number of unbranched alkanes of at least 4 members (excludes halogenated alkanes) is 19. The summed E-state index contributed by atoms with van der Waals surface area (Å²) in [5, 5.41) is 64.4. The van der Waals surface area contributed by atoms with E-state index in [1.165, 1.54) is 121 Å². The van der Waals surface area contributed by atoms with Crippen LogP contribution in [0.3, 0.4) is 0 Å². The second-order valence-electron chi connectivity index (χ2n) is 15.1. The van der Waals surface area contributed by atoms with Crippen molar-refractivity contribution in [3.05, 3.63) is 36.0 Å². The third-order valence-electron chi connectivity index (χ3n) is 10.2. The molecule has 1 saturated heterocycles. The summed E-state index contributed by atoms with van der Waals surface area (Å²) in [5.41, 5.74) is 1.35. The van der Waals surface area contributed by atoms with E-state index >= 15 is 0 Å². The van der Waals surface area contributed by atoms with Crippen molar-refractivity contribution in [3.8, 4) is 0 Å². The lowest BCUT2D eigenvalue weighted by molar-refractivity contribution is -0.302. The lowest BCUT2D eigenvalue weighted by Gasteiger charge is -2.40. The Kier molecular flexibility index (Phi) is 30.4. The number of carbonyl (C=O) groups excluding carboxylic acids is 1. The number of hydrogen-bond acceptors (Lipinski definition) is 9. The molecule has 0 saturated carbocycles. The molecule has 0 aromatic carbocycles. The number of ether oxygens (including phenoxy) is 2. The number of allylic oxidation sites excluding steroid dienone is 4. The molecule has 7 N–H and O–H groups in total. The maximum absolute atomic E-state index is 13.0. The summed E-state index contributed by atoms with van der Waals surface area (Å²) in [6, 6.07) is -1.03. The maximum atomic E-state index is 13.0. The topological polar surface area (TPSA) is 169 Å². The van der Waals surface area contributed by atoms with Gasteiger partial charge < -0.3 is 45.4 Å². The second kappa shape index (κ2) is 32.6. The van der Waals surface area contributed by atoms with Gasteiger partial charge in [-0.05, 0) is 45.4 Å². The summed E-state index contributed by atoms with van der Waals surface area (Å²) in [7, 11) is 0. The lowest BCUT2D eigenvalue weighted by atomic mass is 9.99. The number of hydrogen-bond donors (Lipinski definition) is 7. The van der Waals surface area contributed by atoms with E-state index in [9.17, 15) is 35.4 Å². The van der Waals surface area contributed by atoms with Crippen molar-refractivity contribution in [1.82, 2.24) is 5.32 Å². The molecular formula is C43H79NO9. The monoisotopic (exact) mass is 754 g/mol. The molecule has 8 atom stereocenters. The van der Waals surface area contributed by atoms with Crippen LogP contribution in [0.5, 0.6) is 0 Å². The molecule has 1 rings (SSSR count). The van der Waals surface area contributed by atoms with Crippen molar-refractivity contribution in [3.63, 3.8) is 0 Å². The summed E-state index contributed by atoms with van der Waals surface area (Å²) in [4.78, 5) is 13.0. The summed E-state index contributed by atoms with van der Waals surface area (Å²) in [5.74, 6) is -0.713. The third kappa shape index (κ3) is 23.8. The fourth-order valence-electron chi connectivity index (χ4n) is 6.57. The van der Waals surface area contributed by atoms with E-state index in [1.807, 2.05) is 6.08 Å². The zero-order valence-corrected chi connectivity index (χ0v) is 33.6. The molecule has 1 aliphatic heterocycles. The van der Waals surface area contributed by atoms with Gasteiger partial charge in [0.2, 0.25) is 0 Å². The first kappa shape index (κ1) is 49.4. The fraction of sp³-hybridized carbons (Fsp3) is 0.837. The summed E-state index contributed by atoms with van der Waals surface area (Å²) < 4.78 is 11.1. The molecule has 1 heterocycles. The van der Waals surface area contributed by atoms with Crippen LogP contribution in [0.25, 0.3) is 0 Å². The Hall–Kier alpha value is -1.63. The van der Waals surface area contributed by atoms with Crippen molar-refractivity contribution in [2.45, 2.75) is 217 Å². The summed E-state index contributed by atoms with van der Waals surface area (Å²) in [6.45, 7) is 5.67. The minimum atomic E-state index is -1.62. The predicted molar refractivity (Wildman–Crippen MR) is 213 cm³/mol. The van der Waals surface area contributed by atoms with Crippen LogP contribution < -0.4 is 5.32 Å². The Labute approximate surface area is 322 Å². The Bertz CT molecular complexity index is 971. The molecule has 310 valence electrons. The maximum Gasteiger partial charge on any atom is 0.253 e. The summed E-state index contributed by atoms with van der Waals surface area (Å²) >= 11 is 0. The van der Waals surface area contributed by atoms with Gasteiger partial charge >= 0.3 is 0 Å². The van der Waals surface area contributed by atoms with Crippen LogP contribution in [0.2, 0.25) is 0 Å². The van der Waals surface area contributed by atoms with Crippen LogP contribution >= 0.6 is 0 Å². The molecule has 0 spiro atoms. The Balaban J connectivity index is 2.59. The third-order valence-corrected chi connectivity index (χ3v) is 10.2. The van der Waals surface area contributed by atoms with Gasteiger partial charge in [0.25, 0.3) is 5.91 Å². The van der Waals surface area contributed by atoms with Crippen molar-refractivity contribution < 1.29 is 44.9 Å². The van der Waals surface area contributed by atoms with Gasteiger partial charge in [0.05, 0.1) is 25.4 Å². The highest BCUT2D eigenvalue weighted by Gasteiger charge is 2.44. The van der Waals surface area contributed by atoms with Gasteiger partial charge in [0.1, 0.15) is 24.4 Å². The number of amides is 1. The van der Waals surface area contributed by atoms with Gasteiger partial charge in [-0.15, -0.1) is 0 Å². The quantitative estimate of drug-likeness (QED) is 0.0274. The SMILES string of the molecule is CCCCCCCCCCCCCC/C=C/[C@H](O)C(=O)N[C@H](CO[C@@H]1O[C@H](CO)[C@@H](O)[C@H](O)[C@H]1O)[C@H](O)/C=C/CC/C=C(\C)CCCCCCCCC. The van der Waals surface area contributed by atoms with Crippen LogP contribution in [-0.4, -0.2) is 98.7 Å². The molecule has 0 aliphatic carbocycles. The lowest BCUT2D eigenvalue weighted by Crippen LogP contribution is -2.60. The summed E-state index contributed by atoms with van der Waals surface area (Å²) in [6.07, 6.45) is 26.3. The van der Waals surface area contributed by atoms with Crippen LogP contribution in [0.4, 0.5) is 0 Å². The van der Waals surface area contributed by atoms with Gasteiger partial charge in [0.15, 0.2) is 12.4 Å². The number of carbonyl (C=O) groups is 1. The van der Waals surface area contributed by atoms with E-state index in [2.05, 4.69) is 32.2 Å². The van der Waals surface area contributed by atoms with Crippen LogP contribution in [-0.2, 0) is 14.3 Å². The largest absolute Gasteiger partial charge is 0.394 e. The highest BCUT2D eigenvalue weighted by molar-refractivity contribution is 5.82. The Morgan fingerprint density at radius 2 is 1.23 bits per heavy atom. The minimum Gasteiger partial charge on any atom is -0.394 e. The van der Waals surface area contributed by atoms with Crippen molar-refractivity contribution in [2.24, 2.45) is 0 Å². The standard InChI is InChI=1S/C43H79NO9/c1-4-6-8-10-12-13-14-15-16-17-18-20-22-26-31-37(47)42(51)44-35(33-52-43-41(50)40(49)39(48)38(32-45)53-43)36(46)30-27-23-25-29-34(3)28-24-21-19-11-9-7-5-2/h26-27,29-31,35-41,43,45-50H,4-25,28,32-33H2,1-3H3,(H,44,51)/b30-27+,31-26+,34-29+/t35-,36-,37+,38-,39-,40+,41-,43-/m1/s1. The molecule has 0 aromatic heterocycles. The Morgan fingerprint density at radius 1 is 0.698 bits per heavy atom. The van der Waals surface area contributed by atoms with Gasteiger partial charge in [0, 0.05) is 0 Å². The molecule has 1 fully saturated rings. The normalized spacial score (nSPS) is 22.8. The predicted octanol–water partition coefficient (Wildman–Crippen LogP) is 7.08. The molecule has 10 nitrogen and oxygen atoms in total. The van der Waals surface area contributed by atoms with Crippen molar-refractivity contribution in [2.75, 3.05) is 13.2 Å². The van der Waals surface area contributed by atoms with Crippen molar-refractivity contribution >= 4 is 5.91 Å². The highest BCUT2D eigenvalue weighted by atomic mass is 16.7. The zero-order valence-electron chi connectivity index (χ0n) is 33.6. The molecule has 0 unspecified atom stereocenters. The van der Waals surface area contributed by atoms with E-state index in [4.69, 9.17) is 9.47 Å². The van der Waals surface area contributed by atoms with Crippen LogP contribution in [0, 0.1) is 0 Å². The first-order valence-corrected chi connectivity index (χ1v) is 21.2. The number of rotatable bonds is 33. The van der Waals surface area contributed by atoms with E-state index in [0.29, 0.717) is 6.42 Å². The van der Waals surface area contributed by atoms with Gasteiger partial charge in [-0.3, -0.25) is 4.79 Å². The molecular weight excluding hydrogens is 674 g/mol. The number of aliphatic hydroxyl groups is 6. The fourth-order valence-corrected chi connectivity index (χ4v) is 6.57. The minimum absolute atomic E-state index is 0.341. The molecule has 53 heavy (non-hydrogen) atoms. The van der Waals surface area contributed by atoms with Crippen LogP contribution in [0.1, 0.15) is 168 Å². The van der Waals surface area contributed by atoms with Gasteiger partial charge in [-0.1, -0.05) is 159 Å². The van der Waals surface area contributed by atoms with Gasteiger partial charge in [-0.25, -0.2) is 0 Å². The average Bonchev–Trinajstić information content (AvgIpc) is 3.15. The first-order valence-electron chi connectivity index (χ1n) is 21.2. The zero-order chi connectivity index (χ0) is 39.1. The van der Waals surface area contributed by atoms with E-state index in [-0.39, 0.29) is 6.61 Å². The smallest absolute Gasteiger partial charge is 0.253 e. The second-order valence-corrected chi connectivity index (χ2v) is 15.1. The van der Waals surface area contributed by atoms with E-state index in [0.717, 1.165) is 32.1 Å². The highest BCUT2D eigenvalue weighted by Crippen LogP contribution is 2.22. The molecule has 10 heteroatoms. The van der Waals surface area contributed by atoms with E-state index < -0.39 is 61.5 Å². The molecule has 0 radical (unpaired) electrons. The molecule has 0 bridgehead atoms. The van der Waals surface area contributed by atoms with Crippen molar-refractivity contribution in [1.29, 1.82) is 0 Å². The number of nitrogens with one attached hydrogen (secondary N) is 1.